The predicted molar refractivity (Wildman–Crippen MR) is 76.4 cm³/mol. The zero-order chi connectivity index (χ0) is 12.7. The van der Waals surface area contributed by atoms with Crippen molar-refractivity contribution in [3.05, 3.63) is 40.6 Å². The number of allylic oxidation sites excluding steroid dienone is 2. The van der Waals surface area contributed by atoms with E-state index in [0.29, 0.717) is 17.1 Å². The molecule has 0 amide bonds. The first kappa shape index (κ1) is 13.7. The third kappa shape index (κ3) is 4.59. The number of halogens is 2. The zero-order valence-electron chi connectivity index (χ0n) is 9.24. The van der Waals surface area contributed by atoms with Crippen LogP contribution in [0.5, 0.6) is 0 Å². The minimum Gasteiger partial charge on any atom is -0.398 e. The molecule has 0 saturated carbocycles. The molecule has 1 aromatic carbocycles. The third-order valence-electron chi connectivity index (χ3n) is 2.09. The normalized spacial score (nSPS) is 12.0. The van der Waals surface area contributed by atoms with Gasteiger partial charge in [0.1, 0.15) is 6.00 Å². The molecule has 0 spiro atoms. The van der Waals surface area contributed by atoms with Crippen LogP contribution >= 0.6 is 23.2 Å². The molecule has 3 nitrogen and oxygen atoms in total. The molecule has 0 aliphatic heterocycles. The number of anilines is 1. The Balaban J connectivity index is 2.80. The monoisotopic (exact) mass is 269 g/mol. The minimum atomic E-state index is 0.231. The van der Waals surface area contributed by atoms with Crippen molar-refractivity contribution >= 4 is 41.8 Å². The molecule has 0 aliphatic carbocycles. The Morgan fingerprint density at radius 2 is 2.24 bits per heavy atom. The smallest absolute Gasteiger partial charge is 0.113 e. The molecular weight excluding hydrogens is 257 g/mol. The van der Waals surface area contributed by atoms with E-state index in [9.17, 15) is 0 Å². The maximum Gasteiger partial charge on any atom is 0.113 e. The van der Waals surface area contributed by atoms with Gasteiger partial charge in [0.25, 0.3) is 0 Å². The van der Waals surface area contributed by atoms with Crippen molar-refractivity contribution in [2.45, 2.75) is 6.42 Å². The van der Waals surface area contributed by atoms with Gasteiger partial charge in [0.2, 0.25) is 0 Å². The largest absolute Gasteiger partial charge is 0.398 e. The Morgan fingerprint density at radius 3 is 2.82 bits per heavy atom. The summed E-state index contributed by atoms with van der Waals surface area (Å²) in [7, 11) is 0. The summed E-state index contributed by atoms with van der Waals surface area (Å²) in [6, 6.07) is 5.72. The van der Waals surface area contributed by atoms with Crippen LogP contribution in [0.25, 0.3) is 0 Å². The van der Waals surface area contributed by atoms with E-state index in [-0.39, 0.29) is 6.00 Å². The minimum absolute atomic E-state index is 0.231. The van der Waals surface area contributed by atoms with Gasteiger partial charge < -0.3 is 5.73 Å². The van der Waals surface area contributed by atoms with Gasteiger partial charge in [-0.1, -0.05) is 17.7 Å². The lowest BCUT2D eigenvalue weighted by molar-refractivity contribution is 1.12. The number of hydrogen-bond donors (Lipinski definition) is 1. The summed E-state index contributed by atoms with van der Waals surface area (Å²) in [6.45, 7) is 3.51. The first-order valence-electron chi connectivity index (χ1n) is 4.93. The first-order valence-corrected chi connectivity index (χ1v) is 5.84. The van der Waals surface area contributed by atoms with E-state index in [2.05, 4.69) is 16.7 Å². The molecule has 0 bridgehead atoms. The highest BCUT2D eigenvalue weighted by Gasteiger charge is 2.00. The van der Waals surface area contributed by atoms with E-state index in [4.69, 9.17) is 28.9 Å². The van der Waals surface area contributed by atoms with Crippen molar-refractivity contribution in [2.75, 3.05) is 11.7 Å². The van der Waals surface area contributed by atoms with Crippen LogP contribution in [0, 0.1) is 0 Å². The number of hydrogen-bond acceptors (Lipinski definition) is 3. The number of nitrogens with two attached hydrogens (primary N) is 1. The Bertz CT molecular complexity index is 453. The third-order valence-corrected chi connectivity index (χ3v) is 2.56. The van der Waals surface area contributed by atoms with Crippen molar-refractivity contribution in [3.8, 4) is 0 Å². The van der Waals surface area contributed by atoms with Crippen LogP contribution in [0.1, 0.15) is 5.56 Å². The summed E-state index contributed by atoms with van der Waals surface area (Å²) in [5, 5.41) is 0.542. The quantitative estimate of drug-likeness (QED) is 0.379. The van der Waals surface area contributed by atoms with Crippen LogP contribution in [0.3, 0.4) is 0 Å². The molecule has 17 heavy (non-hydrogen) atoms. The zero-order valence-corrected chi connectivity index (χ0v) is 10.7. The van der Waals surface area contributed by atoms with E-state index >= 15 is 0 Å². The lowest BCUT2D eigenvalue weighted by atomic mass is 10.1. The van der Waals surface area contributed by atoms with Crippen LogP contribution in [0.2, 0.25) is 5.02 Å². The molecule has 5 heteroatoms. The lowest BCUT2D eigenvalue weighted by Crippen LogP contribution is -1.92. The summed E-state index contributed by atoms with van der Waals surface area (Å²) in [5.74, 6) is 0. The topological polar surface area (TPSA) is 50.7 Å². The van der Waals surface area contributed by atoms with Gasteiger partial charge in [0, 0.05) is 18.3 Å². The van der Waals surface area contributed by atoms with E-state index in [1.807, 2.05) is 12.1 Å². The van der Waals surface area contributed by atoms with Crippen molar-refractivity contribution in [2.24, 2.45) is 9.98 Å². The summed E-state index contributed by atoms with van der Waals surface area (Å²) >= 11 is 11.4. The summed E-state index contributed by atoms with van der Waals surface area (Å²) in [6.07, 6.45) is 3.99. The Labute approximate surface area is 111 Å². The fourth-order valence-corrected chi connectivity index (χ4v) is 1.52. The highest BCUT2D eigenvalue weighted by molar-refractivity contribution is 6.33. The van der Waals surface area contributed by atoms with Gasteiger partial charge in [-0.3, -0.25) is 9.98 Å². The Morgan fingerprint density at radius 1 is 1.47 bits per heavy atom. The van der Waals surface area contributed by atoms with Crippen molar-refractivity contribution in [1.29, 1.82) is 0 Å². The SMILES string of the molecule is C=N/C(=C\C=N/CCl)Cc1ccc(N)c(Cl)c1. The second kappa shape index (κ2) is 7.09. The average molecular weight is 270 g/mol. The molecule has 1 aromatic rings. The Kier molecular flexibility index (Phi) is 5.73. The number of nitrogens with zero attached hydrogens (tertiary/aromatic N) is 2. The summed E-state index contributed by atoms with van der Waals surface area (Å²) in [5.41, 5.74) is 8.01. The average Bonchev–Trinajstić information content (AvgIpc) is 2.32. The van der Waals surface area contributed by atoms with Crippen LogP contribution in [-0.4, -0.2) is 18.9 Å². The maximum atomic E-state index is 5.93. The van der Waals surface area contributed by atoms with Crippen LogP contribution in [0.4, 0.5) is 5.69 Å². The Hall–Kier alpha value is -1.32. The molecule has 0 aliphatic rings. The van der Waals surface area contributed by atoms with Gasteiger partial charge in [-0.05, 0) is 30.5 Å². The van der Waals surface area contributed by atoms with E-state index < -0.39 is 0 Å². The van der Waals surface area contributed by atoms with Gasteiger partial charge >= 0.3 is 0 Å². The number of nitrogen functional groups attached to an aromatic ring is 1. The van der Waals surface area contributed by atoms with E-state index in [1.165, 1.54) is 0 Å². The van der Waals surface area contributed by atoms with E-state index in [0.717, 1.165) is 11.3 Å². The number of benzene rings is 1. The van der Waals surface area contributed by atoms with Gasteiger partial charge in [-0.2, -0.15) is 0 Å². The predicted octanol–water partition coefficient (Wildman–Crippen LogP) is 3.32. The molecule has 0 unspecified atom stereocenters. The van der Waals surface area contributed by atoms with Gasteiger partial charge in [-0.15, -0.1) is 11.6 Å². The van der Waals surface area contributed by atoms with Crippen molar-refractivity contribution in [3.63, 3.8) is 0 Å². The molecule has 0 aromatic heterocycles. The molecule has 0 saturated heterocycles. The number of rotatable bonds is 5. The fraction of sp³-hybridized carbons (Fsp3) is 0.167. The molecule has 0 fully saturated rings. The van der Waals surface area contributed by atoms with Gasteiger partial charge in [-0.25, -0.2) is 0 Å². The first-order chi connectivity index (χ1) is 8.17. The maximum absolute atomic E-state index is 5.93. The number of aliphatic imine (C=N–C) groups is 2. The number of alkyl halides is 1. The molecule has 0 heterocycles. The highest BCUT2D eigenvalue weighted by atomic mass is 35.5. The van der Waals surface area contributed by atoms with Gasteiger partial charge in [0.05, 0.1) is 10.7 Å². The molecule has 2 N–H and O–H groups in total. The highest BCUT2D eigenvalue weighted by Crippen LogP contribution is 2.21. The van der Waals surface area contributed by atoms with Crippen LogP contribution in [-0.2, 0) is 6.42 Å². The standard InChI is InChI=1S/C12H13Cl2N3/c1-16-10(4-5-17-8-13)6-9-2-3-12(15)11(14)7-9/h2-5,7H,1,6,8,15H2/b10-4-,17-5-. The fourth-order valence-electron chi connectivity index (χ4n) is 1.24. The second-order valence-electron chi connectivity index (χ2n) is 3.30. The summed E-state index contributed by atoms with van der Waals surface area (Å²) < 4.78 is 0. The molecule has 90 valence electrons. The van der Waals surface area contributed by atoms with Crippen LogP contribution in [0.15, 0.2) is 40.0 Å². The molecule has 0 atom stereocenters. The molecule has 0 radical (unpaired) electrons. The molecule has 1 rings (SSSR count). The molecular formula is C12H13Cl2N3. The summed E-state index contributed by atoms with van der Waals surface area (Å²) in [4.78, 5) is 7.77. The van der Waals surface area contributed by atoms with Gasteiger partial charge in [0.15, 0.2) is 0 Å². The second-order valence-corrected chi connectivity index (χ2v) is 3.95. The van der Waals surface area contributed by atoms with Crippen molar-refractivity contribution < 1.29 is 0 Å². The van der Waals surface area contributed by atoms with Crippen molar-refractivity contribution in [1.82, 2.24) is 0 Å². The van der Waals surface area contributed by atoms with E-state index in [1.54, 1.807) is 18.4 Å². The lowest BCUT2D eigenvalue weighted by Gasteiger charge is -2.03. The van der Waals surface area contributed by atoms with Crippen LogP contribution < -0.4 is 5.73 Å².